The molecule has 1 fully saturated rings. The lowest BCUT2D eigenvalue weighted by atomic mass is 9.86. The number of methoxy groups -OCH3 is 1. The molecule has 3 atom stereocenters. The number of likely N-dealkylation sites (N-methyl/N-ethyl adjacent to an activating group) is 1. The molecule has 14 heteroatoms. The maximum absolute atomic E-state index is 13.8. The van der Waals surface area contributed by atoms with Gasteiger partial charge in [0.1, 0.15) is 5.82 Å². The molecule has 0 spiro atoms. The highest BCUT2D eigenvalue weighted by atomic mass is 19.4. The Labute approximate surface area is 205 Å². The number of alkyl halides is 6. The highest BCUT2D eigenvalue weighted by Gasteiger charge is 2.44. The van der Waals surface area contributed by atoms with E-state index >= 15 is 0 Å². The van der Waals surface area contributed by atoms with Crippen molar-refractivity contribution >= 4 is 11.7 Å². The number of nitrogens with zero attached hydrogens (tertiary/aromatic N) is 5. The zero-order valence-electron chi connectivity index (χ0n) is 19.4. The van der Waals surface area contributed by atoms with Gasteiger partial charge in [0.25, 0.3) is 5.82 Å². The fourth-order valence-corrected chi connectivity index (χ4v) is 4.78. The molecule has 3 aromatic rings. The number of tetrazole rings is 1. The minimum Gasteiger partial charge on any atom is -0.469 e. The van der Waals surface area contributed by atoms with Crippen LogP contribution in [0.25, 0.3) is 5.69 Å². The highest BCUT2D eigenvalue weighted by molar-refractivity contribution is 5.75. The largest absolute Gasteiger partial charge is 0.469 e. The summed E-state index contributed by atoms with van der Waals surface area (Å²) in [6, 6.07) is 7.23. The van der Waals surface area contributed by atoms with Gasteiger partial charge in [0, 0.05) is 24.7 Å². The number of benzene rings is 2. The molecule has 1 aromatic heterocycles. The molecule has 0 amide bonds. The Bertz CT molecular complexity index is 1270. The second kappa shape index (κ2) is 9.63. The summed E-state index contributed by atoms with van der Waals surface area (Å²) in [6.45, 7) is 0. The molecule has 2 aromatic carbocycles. The molecule has 37 heavy (non-hydrogen) atoms. The molecule has 0 bridgehead atoms. The van der Waals surface area contributed by atoms with E-state index in [-0.39, 0.29) is 10.4 Å². The maximum atomic E-state index is 13.8. The minimum atomic E-state index is -5.02. The van der Waals surface area contributed by atoms with Crippen LogP contribution in [0, 0.1) is 11.7 Å². The second-order valence-corrected chi connectivity index (χ2v) is 8.61. The van der Waals surface area contributed by atoms with Crippen molar-refractivity contribution in [1.29, 1.82) is 0 Å². The molecule has 0 N–H and O–H groups in total. The van der Waals surface area contributed by atoms with Gasteiger partial charge in [-0.05, 0) is 59.2 Å². The molecule has 0 radical (unpaired) electrons. The average Bonchev–Trinajstić information content (AvgIpc) is 3.51. The molecule has 1 aliphatic carbocycles. The first kappa shape index (κ1) is 26.4. The first-order valence-corrected chi connectivity index (χ1v) is 11.0. The van der Waals surface area contributed by atoms with Crippen LogP contribution in [-0.4, -0.2) is 46.4 Å². The quantitative estimate of drug-likeness (QED) is 0.341. The van der Waals surface area contributed by atoms with Crippen molar-refractivity contribution in [2.75, 3.05) is 19.1 Å². The van der Waals surface area contributed by atoms with Crippen LogP contribution in [0.15, 0.2) is 42.5 Å². The van der Waals surface area contributed by atoms with Gasteiger partial charge in [0.2, 0.25) is 0 Å². The Hall–Kier alpha value is -3.71. The summed E-state index contributed by atoms with van der Waals surface area (Å²) in [5, 5.41) is 9.12. The molecule has 198 valence electrons. The van der Waals surface area contributed by atoms with E-state index in [0.29, 0.717) is 24.5 Å². The SMILES string of the molecule is COC(=O)[C@H]1CC[C@H](N(C)c2cc(-n3nnnc3C(F)(F)F)cc(C(F)(F)F)c2)[C@@H]1c1ccc(F)cc1. The third kappa shape index (κ3) is 5.23. The van der Waals surface area contributed by atoms with E-state index < -0.39 is 59.1 Å². The number of hydrogen-bond donors (Lipinski definition) is 0. The number of carbonyl (C=O) groups is 1. The Kier molecular flexibility index (Phi) is 6.86. The standard InChI is InChI=1S/C23H20F7N5O2/c1-34(18-8-7-17(20(36)37-2)19(18)12-3-5-14(24)6-4-12)15-9-13(22(25,26)27)10-16(11-15)35-21(23(28,29)30)31-32-33-35/h3-6,9-11,17-19H,7-8H2,1-2H3/t17-,18-,19+/m0/s1. The molecule has 0 aliphatic heterocycles. The van der Waals surface area contributed by atoms with E-state index in [4.69, 9.17) is 4.74 Å². The minimum absolute atomic E-state index is 0.0731. The molecule has 4 rings (SSSR count). The summed E-state index contributed by atoms with van der Waals surface area (Å²) < 4.78 is 100. The Morgan fingerprint density at radius 2 is 1.70 bits per heavy atom. The van der Waals surface area contributed by atoms with Crippen molar-refractivity contribution in [2.45, 2.75) is 37.2 Å². The summed E-state index contributed by atoms with van der Waals surface area (Å²) in [6.07, 6.45) is -9.22. The number of esters is 1. The Morgan fingerprint density at radius 1 is 1.03 bits per heavy atom. The Balaban J connectivity index is 1.81. The maximum Gasteiger partial charge on any atom is 0.453 e. The molecule has 1 aliphatic rings. The fourth-order valence-electron chi connectivity index (χ4n) is 4.78. The van der Waals surface area contributed by atoms with Crippen LogP contribution in [0.1, 0.15) is 35.7 Å². The van der Waals surface area contributed by atoms with Crippen LogP contribution in [0.5, 0.6) is 0 Å². The van der Waals surface area contributed by atoms with Crippen LogP contribution < -0.4 is 4.90 Å². The smallest absolute Gasteiger partial charge is 0.453 e. The first-order valence-electron chi connectivity index (χ1n) is 11.0. The monoisotopic (exact) mass is 531 g/mol. The molecule has 0 saturated heterocycles. The van der Waals surface area contributed by atoms with E-state index in [0.717, 1.165) is 12.1 Å². The fraction of sp³-hybridized carbons (Fsp3) is 0.391. The Morgan fingerprint density at radius 3 is 2.30 bits per heavy atom. The van der Waals surface area contributed by atoms with Crippen LogP contribution in [0.4, 0.5) is 36.4 Å². The van der Waals surface area contributed by atoms with Gasteiger partial charge in [-0.1, -0.05) is 12.1 Å². The van der Waals surface area contributed by atoms with Crippen LogP contribution in [-0.2, 0) is 21.9 Å². The van der Waals surface area contributed by atoms with Crippen molar-refractivity contribution in [2.24, 2.45) is 5.92 Å². The van der Waals surface area contributed by atoms with E-state index in [2.05, 4.69) is 15.5 Å². The van der Waals surface area contributed by atoms with Crippen LogP contribution >= 0.6 is 0 Å². The summed E-state index contributed by atoms with van der Waals surface area (Å²) in [5.74, 6) is -3.88. The number of anilines is 1. The van der Waals surface area contributed by atoms with E-state index in [9.17, 15) is 35.5 Å². The van der Waals surface area contributed by atoms with E-state index in [1.165, 1.54) is 43.3 Å². The third-order valence-corrected chi connectivity index (χ3v) is 6.48. The lowest BCUT2D eigenvalue weighted by molar-refractivity contribution is -0.147. The third-order valence-electron chi connectivity index (χ3n) is 6.48. The predicted molar refractivity (Wildman–Crippen MR) is 115 cm³/mol. The van der Waals surface area contributed by atoms with Gasteiger partial charge in [0.05, 0.1) is 24.3 Å². The molecule has 7 nitrogen and oxygen atoms in total. The van der Waals surface area contributed by atoms with Crippen LogP contribution in [0.3, 0.4) is 0 Å². The first-order chi connectivity index (χ1) is 17.3. The van der Waals surface area contributed by atoms with Crippen molar-refractivity contribution in [3.8, 4) is 5.69 Å². The summed E-state index contributed by atoms with van der Waals surface area (Å²) >= 11 is 0. The van der Waals surface area contributed by atoms with Crippen molar-refractivity contribution in [1.82, 2.24) is 20.2 Å². The van der Waals surface area contributed by atoms with Gasteiger partial charge >= 0.3 is 18.3 Å². The number of hydrogen-bond acceptors (Lipinski definition) is 6. The number of halogens is 7. The predicted octanol–water partition coefficient (Wildman–Crippen LogP) is 5.01. The van der Waals surface area contributed by atoms with E-state index in [1.54, 1.807) is 0 Å². The topological polar surface area (TPSA) is 73.1 Å². The lowest BCUT2D eigenvalue weighted by Gasteiger charge is -2.34. The summed E-state index contributed by atoms with van der Waals surface area (Å²) in [4.78, 5) is 14.0. The van der Waals surface area contributed by atoms with Crippen LogP contribution in [0.2, 0.25) is 0 Å². The van der Waals surface area contributed by atoms with E-state index in [1.807, 2.05) is 0 Å². The average molecular weight is 531 g/mol. The summed E-state index contributed by atoms with van der Waals surface area (Å²) in [7, 11) is 2.69. The van der Waals surface area contributed by atoms with Crippen molar-refractivity contribution < 1.29 is 40.3 Å². The van der Waals surface area contributed by atoms with Crippen molar-refractivity contribution in [3.05, 3.63) is 65.2 Å². The lowest BCUT2D eigenvalue weighted by Crippen LogP contribution is -2.36. The molecule has 0 unspecified atom stereocenters. The number of aromatic nitrogens is 4. The summed E-state index contributed by atoms with van der Waals surface area (Å²) in [5.41, 5.74) is -1.26. The zero-order chi connectivity index (χ0) is 27.1. The number of carbonyl (C=O) groups excluding carboxylic acids is 1. The van der Waals surface area contributed by atoms with Gasteiger partial charge in [-0.15, -0.1) is 5.10 Å². The van der Waals surface area contributed by atoms with Gasteiger partial charge in [-0.3, -0.25) is 4.79 Å². The molecule has 1 heterocycles. The zero-order valence-corrected chi connectivity index (χ0v) is 19.4. The number of ether oxygens (including phenoxy) is 1. The molecular weight excluding hydrogens is 511 g/mol. The normalized spacial score (nSPS) is 20.2. The van der Waals surface area contributed by atoms with Crippen molar-refractivity contribution in [3.63, 3.8) is 0 Å². The van der Waals surface area contributed by atoms with Gasteiger partial charge in [-0.25, -0.2) is 4.39 Å². The van der Waals surface area contributed by atoms with Gasteiger partial charge in [-0.2, -0.15) is 31.0 Å². The number of rotatable bonds is 5. The molecular formula is C23H20F7N5O2. The molecule has 1 saturated carbocycles. The van der Waals surface area contributed by atoms with Gasteiger partial charge in [0.15, 0.2) is 0 Å². The second-order valence-electron chi connectivity index (χ2n) is 8.61. The van der Waals surface area contributed by atoms with Gasteiger partial charge < -0.3 is 9.64 Å². The highest BCUT2D eigenvalue weighted by Crippen LogP contribution is 2.45.